The fraction of sp³-hybridized carbons (Fsp3) is 0.190. The molecule has 0 radical (unpaired) electrons. The quantitative estimate of drug-likeness (QED) is 0.336. The number of rotatable bonds is 4. The number of fused-ring (bicyclic) bond motifs is 1. The summed E-state index contributed by atoms with van der Waals surface area (Å²) in [5.41, 5.74) is 10.9. The predicted octanol–water partition coefficient (Wildman–Crippen LogP) is 2.54. The maximum atomic E-state index is 13.2. The van der Waals surface area contributed by atoms with Crippen LogP contribution in [0.3, 0.4) is 0 Å². The average molecular weight is 407 g/mol. The highest BCUT2D eigenvalue weighted by atomic mass is 32.2. The van der Waals surface area contributed by atoms with Crippen molar-refractivity contribution in [2.75, 3.05) is 0 Å². The van der Waals surface area contributed by atoms with Crippen LogP contribution in [0.2, 0.25) is 0 Å². The van der Waals surface area contributed by atoms with Gasteiger partial charge in [0.1, 0.15) is 11.1 Å². The smallest absolute Gasteiger partial charge is 0.386 e. The number of carbonyl (C=O) groups is 2. The monoisotopic (exact) mass is 407 g/mol. The van der Waals surface area contributed by atoms with Crippen molar-refractivity contribution in [2.24, 2.45) is 0 Å². The summed E-state index contributed by atoms with van der Waals surface area (Å²) in [7, 11) is -1.70. The van der Waals surface area contributed by atoms with E-state index >= 15 is 0 Å². The van der Waals surface area contributed by atoms with E-state index in [0.717, 1.165) is 11.1 Å². The van der Waals surface area contributed by atoms with Gasteiger partial charge in [0.25, 0.3) is 0 Å². The third-order valence-corrected chi connectivity index (χ3v) is 6.61. The van der Waals surface area contributed by atoms with Crippen molar-refractivity contribution in [3.63, 3.8) is 0 Å². The molecule has 2 aliphatic rings. The first-order chi connectivity index (χ1) is 14.0. The Morgan fingerprint density at radius 3 is 2.17 bits per heavy atom. The molecule has 2 aromatic carbocycles. The van der Waals surface area contributed by atoms with Gasteiger partial charge < -0.3 is 10.3 Å². The first-order valence-electron chi connectivity index (χ1n) is 8.99. The van der Waals surface area contributed by atoms with Crippen molar-refractivity contribution in [3.05, 3.63) is 88.6 Å². The minimum atomic E-state index is -1.70. The Labute approximate surface area is 169 Å². The van der Waals surface area contributed by atoms with Crippen molar-refractivity contribution in [3.8, 4) is 0 Å². The number of hydrogen-bond acceptors (Lipinski definition) is 4. The van der Waals surface area contributed by atoms with Crippen LogP contribution >= 0.6 is 0 Å². The third kappa shape index (κ3) is 3.22. The van der Waals surface area contributed by atoms with Crippen LogP contribution in [0.4, 0.5) is 0 Å². The number of benzene rings is 2. The summed E-state index contributed by atoms with van der Waals surface area (Å²) in [6.45, 7) is 1.49. The van der Waals surface area contributed by atoms with Crippen LogP contribution in [-0.4, -0.2) is 36.2 Å². The fourth-order valence-electron chi connectivity index (χ4n) is 3.50. The zero-order chi connectivity index (χ0) is 20.5. The first-order valence-corrected chi connectivity index (χ1v) is 10.2. The molecule has 0 N–H and O–H groups in total. The van der Waals surface area contributed by atoms with Crippen LogP contribution in [0.1, 0.15) is 30.6 Å². The number of β-lactam (4-membered cyclic amide) rings is 1. The molecule has 2 atom stereocenters. The molecule has 4 rings (SSSR count). The maximum absolute atomic E-state index is 13.2. The summed E-state index contributed by atoms with van der Waals surface area (Å²) in [5.74, 6) is -1.06. The van der Waals surface area contributed by atoms with E-state index in [1.807, 2.05) is 60.7 Å². The lowest BCUT2D eigenvalue weighted by atomic mass is 10.0. The van der Waals surface area contributed by atoms with Crippen LogP contribution in [0, 0.1) is 0 Å². The molecule has 0 spiro atoms. The second-order valence-corrected chi connectivity index (χ2v) is 8.23. The number of hydrogen-bond donors (Lipinski definition) is 0. The summed E-state index contributed by atoms with van der Waals surface area (Å²) in [6.07, 6.45) is -0.668. The highest BCUT2D eigenvalue weighted by Gasteiger charge is 2.54. The van der Waals surface area contributed by atoms with Crippen molar-refractivity contribution in [2.45, 2.75) is 24.8 Å². The molecule has 0 saturated carbocycles. The number of carbonyl (C=O) groups excluding carboxylic acids is 2. The van der Waals surface area contributed by atoms with E-state index < -0.39 is 28.2 Å². The van der Waals surface area contributed by atoms with Gasteiger partial charge in [-0.25, -0.2) is 9.00 Å². The second-order valence-electron chi connectivity index (χ2n) is 6.71. The molecular weight excluding hydrogens is 390 g/mol. The average Bonchev–Trinajstić information content (AvgIpc) is 2.74. The first kappa shape index (κ1) is 19.0. The number of amides is 1. The lowest BCUT2D eigenvalue weighted by Gasteiger charge is -2.41. The van der Waals surface area contributed by atoms with Gasteiger partial charge in [-0.05, 0) is 18.1 Å². The lowest BCUT2D eigenvalue weighted by Crippen LogP contribution is -2.59. The zero-order valence-corrected chi connectivity index (χ0v) is 16.3. The van der Waals surface area contributed by atoms with Gasteiger partial charge >= 0.3 is 11.0 Å². The van der Waals surface area contributed by atoms with Gasteiger partial charge in [0, 0.05) is 0 Å². The standard InChI is InChI=1S/C21H17N3O4S/c1-13-18(24-16(25)12-17(24)29(27)20(13)23-22)21(26)28-19(14-8-4-2-5-9-14)15-10-6-3-7-11-15/h2-11,17,19H,12H2,1H3/t17-,29?/m1/s1. The van der Waals surface area contributed by atoms with E-state index in [9.17, 15) is 19.3 Å². The van der Waals surface area contributed by atoms with Gasteiger partial charge in [0.15, 0.2) is 16.9 Å². The second kappa shape index (κ2) is 7.58. The Bertz CT molecular complexity index is 1050. The van der Waals surface area contributed by atoms with E-state index in [2.05, 4.69) is 4.79 Å². The van der Waals surface area contributed by atoms with Crippen LogP contribution in [-0.2, 0) is 25.1 Å². The van der Waals surface area contributed by atoms with E-state index in [4.69, 9.17) is 4.74 Å². The molecule has 7 nitrogen and oxygen atoms in total. The maximum Gasteiger partial charge on any atom is 0.386 e. The topological polar surface area (TPSA) is 100 Å². The highest BCUT2D eigenvalue weighted by Crippen LogP contribution is 2.37. The predicted molar refractivity (Wildman–Crippen MR) is 106 cm³/mol. The SMILES string of the molecule is CC1=C(C(=O)OC(c2ccccc2)c2ccccc2)N2C(=O)C[C@H]2S(=O)C1=[N+]=[N-]. The molecule has 2 heterocycles. The van der Waals surface area contributed by atoms with Gasteiger partial charge in [0.2, 0.25) is 5.91 Å². The summed E-state index contributed by atoms with van der Waals surface area (Å²) in [6, 6.07) is 18.5. The molecule has 2 aliphatic heterocycles. The molecule has 8 heteroatoms. The largest absolute Gasteiger partial charge is 0.448 e. The van der Waals surface area contributed by atoms with E-state index in [0.29, 0.717) is 0 Å². The van der Waals surface area contributed by atoms with E-state index in [1.54, 1.807) is 0 Å². The Morgan fingerprint density at radius 1 is 1.14 bits per heavy atom. The molecule has 1 unspecified atom stereocenters. The molecule has 1 saturated heterocycles. The molecule has 146 valence electrons. The highest BCUT2D eigenvalue weighted by molar-refractivity contribution is 8.01. The number of ether oxygens (including phenoxy) is 1. The van der Waals surface area contributed by atoms with Crippen molar-refractivity contribution >= 4 is 27.7 Å². The summed E-state index contributed by atoms with van der Waals surface area (Å²) < 4.78 is 18.3. The summed E-state index contributed by atoms with van der Waals surface area (Å²) in [5, 5.41) is -0.826. The third-order valence-electron chi connectivity index (χ3n) is 4.97. The van der Waals surface area contributed by atoms with Gasteiger partial charge in [-0.15, -0.1) is 0 Å². The summed E-state index contributed by atoms with van der Waals surface area (Å²) in [4.78, 5) is 29.6. The molecule has 29 heavy (non-hydrogen) atoms. The zero-order valence-electron chi connectivity index (χ0n) is 15.5. The fourth-order valence-corrected chi connectivity index (χ4v) is 4.95. The molecule has 1 amide bonds. The molecule has 0 aromatic heterocycles. The number of nitrogens with zero attached hydrogens (tertiary/aromatic N) is 3. The molecule has 0 bridgehead atoms. The minimum Gasteiger partial charge on any atom is -0.448 e. The van der Waals surface area contributed by atoms with Crippen LogP contribution in [0.15, 0.2) is 71.9 Å². The molecular formula is C21H17N3O4S. The van der Waals surface area contributed by atoms with Crippen LogP contribution in [0.5, 0.6) is 0 Å². The Morgan fingerprint density at radius 2 is 1.69 bits per heavy atom. The van der Waals surface area contributed by atoms with Crippen molar-refractivity contribution in [1.29, 1.82) is 0 Å². The summed E-state index contributed by atoms with van der Waals surface area (Å²) >= 11 is 0. The van der Waals surface area contributed by atoms with E-state index in [-0.39, 0.29) is 28.6 Å². The van der Waals surface area contributed by atoms with E-state index in [1.165, 1.54) is 11.8 Å². The van der Waals surface area contributed by atoms with Gasteiger partial charge in [-0.3, -0.25) is 9.69 Å². The molecule has 1 fully saturated rings. The Hall–Kier alpha value is -3.35. The Kier molecular flexibility index (Phi) is 4.96. The van der Waals surface area contributed by atoms with Crippen molar-refractivity contribution < 1.29 is 23.3 Å². The Balaban J connectivity index is 1.74. The van der Waals surface area contributed by atoms with Gasteiger partial charge in [0.05, 0.1) is 12.0 Å². The molecule has 0 aliphatic carbocycles. The van der Waals surface area contributed by atoms with Gasteiger partial charge in [-0.2, -0.15) is 4.79 Å². The minimum absolute atomic E-state index is 0.0243. The van der Waals surface area contributed by atoms with Gasteiger partial charge in [-0.1, -0.05) is 60.7 Å². The molecule has 2 aromatic rings. The normalized spacial score (nSPS) is 20.8. The van der Waals surface area contributed by atoms with Crippen molar-refractivity contribution in [1.82, 2.24) is 4.90 Å². The van der Waals surface area contributed by atoms with Crippen LogP contribution < -0.4 is 0 Å². The number of esters is 1. The lowest BCUT2D eigenvalue weighted by molar-refractivity contribution is -0.151. The van der Waals surface area contributed by atoms with Crippen LogP contribution in [0.25, 0.3) is 5.53 Å².